The van der Waals surface area contributed by atoms with E-state index in [-0.39, 0.29) is 6.61 Å². The summed E-state index contributed by atoms with van der Waals surface area (Å²) in [6.07, 6.45) is 0. The number of aryl methyl sites for hydroxylation is 1. The lowest BCUT2D eigenvalue weighted by Crippen LogP contribution is -1.94. The summed E-state index contributed by atoms with van der Waals surface area (Å²) in [6.45, 7) is 1.94. The third-order valence-corrected chi connectivity index (χ3v) is 5.07. The van der Waals surface area contributed by atoms with Gasteiger partial charge < -0.3 is 5.11 Å². The van der Waals surface area contributed by atoms with Gasteiger partial charge in [-0.05, 0) is 30.5 Å². The molecular weight excluding hydrogens is 240 g/mol. The maximum Gasteiger partial charge on any atom is 0.101 e. The highest BCUT2D eigenvalue weighted by molar-refractivity contribution is 7.87. The molecule has 0 aliphatic heterocycles. The zero-order valence-corrected chi connectivity index (χ0v) is 10.5. The second-order valence-electron chi connectivity index (χ2n) is 3.47. The average molecular weight is 252 g/mol. The maximum atomic E-state index is 12.2. The van der Waals surface area contributed by atoms with Gasteiger partial charge in [0.05, 0.1) is 17.4 Å². The van der Waals surface area contributed by atoms with Crippen LogP contribution in [-0.2, 0) is 17.4 Å². The van der Waals surface area contributed by atoms with Gasteiger partial charge >= 0.3 is 0 Å². The van der Waals surface area contributed by atoms with Crippen LogP contribution in [0.2, 0.25) is 0 Å². The number of benzene rings is 1. The molecule has 84 valence electrons. The van der Waals surface area contributed by atoms with Crippen LogP contribution < -0.4 is 0 Å². The minimum atomic E-state index is -1.18. The molecule has 2 aromatic rings. The first-order valence-electron chi connectivity index (χ1n) is 4.88. The largest absolute Gasteiger partial charge is 0.392 e. The van der Waals surface area contributed by atoms with Crippen LogP contribution in [0.15, 0.2) is 44.8 Å². The van der Waals surface area contributed by atoms with Gasteiger partial charge in [-0.1, -0.05) is 17.7 Å². The SMILES string of the molecule is Cc1ccc([S@](=O)c2sccc2CO)cc1. The third-order valence-electron chi connectivity index (χ3n) is 2.28. The summed E-state index contributed by atoms with van der Waals surface area (Å²) < 4.78 is 13.0. The Kier molecular flexibility index (Phi) is 3.53. The summed E-state index contributed by atoms with van der Waals surface area (Å²) >= 11 is 1.42. The zero-order chi connectivity index (χ0) is 11.5. The molecule has 2 nitrogen and oxygen atoms in total. The molecular formula is C12H12O2S2. The van der Waals surface area contributed by atoms with Crippen LogP contribution >= 0.6 is 11.3 Å². The van der Waals surface area contributed by atoms with Crippen LogP contribution in [0.25, 0.3) is 0 Å². The van der Waals surface area contributed by atoms with E-state index >= 15 is 0 Å². The van der Waals surface area contributed by atoms with Crippen molar-refractivity contribution in [3.63, 3.8) is 0 Å². The highest BCUT2D eigenvalue weighted by atomic mass is 32.2. The molecule has 2 rings (SSSR count). The predicted molar refractivity (Wildman–Crippen MR) is 66.1 cm³/mol. The van der Waals surface area contributed by atoms with E-state index in [0.717, 1.165) is 20.2 Å². The summed E-state index contributed by atoms with van der Waals surface area (Å²) in [6, 6.07) is 9.43. The molecule has 0 saturated heterocycles. The molecule has 1 atom stereocenters. The van der Waals surface area contributed by atoms with Gasteiger partial charge in [-0.2, -0.15) is 0 Å². The van der Waals surface area contributed by atoms with Gasteiger partial charge in [-0.15, -0.1) is 11.3 Å². The van der Waals surface area contributed by atoms with Gasteiger partial charge in [0.25, 0.3) is 0 Å². The van der Waals surface area contributed by atoms with E-state index in [1.54, 1.807) is 0 Å². The van der Waals surface area contributed by atoms with E-state index in [4.69, 9.17) is 5.11 Å². The summed E-state index contributed by atoms with van der Waals surface area (Å²) in [7, 11) is -1.18. The first-order chi connectivity index (χ1) is 7.72. The number of rotatable bonds is 3. The minimum absolute atomic E-state index is 0.0591. The highest BCUT2D eigenvalue weighted by Crippen LogP contribution is 2.25. The fraction of sp³-hybridized carbons (Fsp3) is 0.167. The lowest BCUT2D eigenvalue weighted by atomic mass is 10.2. The lowest BCUT2D eigenvalue weighted by Gasteiger charge is -2.02. The van der Waals surface area contributed by atoms with Crippen molar-refractivity contribution in [1.82, 2.24) is 0 Å². The van der Waals surface area contributed by atoms with Crippen molar-refractivity contribution in [2.24, 2.45) is 0 Å². The summed E-state index contributed by atoms with van der Waals surface area (Å²) in [5.74, 6) is 0. The van der Waals surface area contributed by atoms with E-state index in [0.29, 0.717) is 0 Å². The van der Waals surface area contributed by atoms with Crippen LogP contribution in [0.3, 0.4) is 0 Å². The van der Waals surface area contributed by atoms with E-state index < -0.39 is 10.8 Å². The van der Waals surface area contributed by atoms with Crippen molar-refractivity contribution in [1.29, 1.82) is 0 Å². The van der Waals surface area contributed by atoms with Gasteiger partial charge in [0.1, 0.15) is 4.21 Å². The fourth-order valence-corrected chi connectivity index (χ4v) is 3.78. The number of aliphatic hydroxyl groups excluding tert-OH is 1. The second-order valence-corrected chi connectivity index (χ2v) is 6.06. The van der Waals surface area contributed by atoms with E-state index in [2.05, 4.69) is 0 Å². The maximum absolute atomic E-state index is 12.2. The number of thiophene rings is 1. The Morgan fingerprint density at radius 3 is 2.56 bits per heavy atom. The van der Waals surface area contributed by atoms with Gasteiger partial charge in [0, 0.05) is 10.5 Å². The Bertz CT molecular complexity index is 500. The average Bonchev–Trinajstić information content (AvgIpc) is 2.77. The Balaban J connectivity index is 2.35. The Hall–Kier alpha value is -0.970. The second kappa shape index (κ2) is 4.91. The van der Waals surface area contributed by atoms with Crippen molar-refractivity contribution < 1.29 is 9.32 Å². The Labute approximate surface area is 101 Å². The summed E-state index contributed by atoms with van der Waals surface area (Å²) in [5, 5.41) is 11.0. The van der Waals surface area contributed by atoms with Crippen molar-refractivity contribution in [3.05, 3.63) is 46.8 Å². The molecule has 0 spiro atoms. The Morgan fingerprint density at radius 1 is 1.25 bits per heavy atom. The van der Waals surface area contributed by atoms with Crippen molar-refractivity contribution in [2.75, 3.05) is 0 Å². The zero-order valence-electron chi connectivity index (χ0n) is 8.84. The molecule has 0 amide bonds. The van der Waals surface area contributed by atoms with Crippen LogP contribution in [0.4, 0.5) is 0 Å². The minimum Gasteiger partial charge on any atom is -0.392 e. The van der Waals surface area contributed by atoms with Gasteiger partial charge in [0.15, 0.2) is 0 Å². The number of aliphatic hydroxyl groups is 1. The van der Waals surface area contributed by atoms with Crippen LogP contribution in [-0.4, -0.2) is 9.32 Å². The first-order valence-corrected chi connectivity index (χ1v) is 6.91. The van der Waals surface area contributed by atoms with E-state index in [1.807, 2.05) is 42.6 Å². The van der Waals surface area contributed by atoms with E-state index in [1.165, 1.54) is 11.3 Å². The van der Waals surface area contributed by atoms with Crippen LogP contribution in [0, 0.1) is 6.92 Å². The molecule has 0 saturated carbocycles. The molecule has 1 aromatic carbocycles. The smallest absolute Gasteiger partial charge is 0.101 e. The number of hydrogen-bond donors (Lipinski definition) is 1. The van der Waals surface area contributed by atoms with Gasteiger partial charge in [0.2, 0.25) is 0 Å². The Morgan fingerprint density at radius 2 is 1.94 bits per heavy atom. The quantitative estimate of drug-likeness (QED) is 0.912. The van der Waals surface area contributed by atoms with Crippen molar-refractivity contribution in [2.45, 2.75) is 22.6 Å². The molecule has 0 fully saturated rings. The normalized spacial score (nSPS) is 12.6. The summed E-state index contributed by atoms with van der Waals surface area (Å²) in [4.78, 5) is 0.780. The van der Waals surface area contributed by atoms with Crippen LogP contribution in [0.5, 0.6) is 0 Å². The topological polar surface area (TPSA) is 37.3 Å². The molecule has 16 heavy (non-hydrogen) atoms. The standard InChI is InChI=1S/C12H12O2S2/c1-9-2-4-11(5-3-9)16(14)12-10(8-13)6-7-15-12/h2-7,13H,8H2,1H3/t16-/m0/s1. The molecule has 1 N–H and O–H groups in total. The molecule has 1 aromatic heterocycles. The molecule has 4 heteroatoms. The third kappa shape index (κ3) is 2.24. The molecule has 0 unspecified atom stereocenters. The van der Waals surface area contributed by atoms with Gasteiger partial charge in [-0.3, -0.25) is 0 Å². The first kappa shape index (κ1) is 11.5. The highest BCUT2D eigenvalue weighted by Gasteiger charge is 2.12. The van der Waals surface area contributed by atoms with Crippen molar-refractivity contribution in [3.8, 4) is 0 Å². The van der Waals surface area contributed by atoms with Crippen molar-refractivity contribution >= 4 is 22.1 Å². The molecule has 0 radical (unpaired) electrons. The lowest BCUT2D eigenvalue weighted by molar-refractivity contribution is 0.279. The molecule has 1 heterocycles. The summed E-state index contributed by atoms with van der Waals surface area (Å²) in [5.41, 5.74) is 1.90. The van der Waals surface area contributed by atoms with E-state index in [9.17, 15) is 4.21 Å². The molecule has 0 aliphatic carbocycles. The number of hydrogen-bond acceptors (Lipinski definition) is 3. The monoisotopic (exact) mass is 252 g/mol. The predicted octanol–water partition coefficient (Wildman–Crippen LogP) is 2.72. The van der Waals surface area contributed by atoms with Crippen LogP contribution in [0.1, 0.15) is 11.1 Å². The molecule has 0 aliphatic rings. The molecule has 0 bridgehead atoms. The van der Waals surface area contributed by atoms with Gasteiger partial charge in [-0.25, -0.2) is 4.21 Å². The fourth-order valence-electron chi connectivity index (χ4n) is 1.37.